The standard InChI is InChI=1S/C24H27BrClNO3/c1-4-29-22(28)10-11-27-15-18(20-8-5-9-21(25)24(20)27)7-6-12-30-19-13-16(2)23(26)17(3)14-19/h5,8-9,13-15H,4,6-7,10-12H2,1-3H3. The highest BCUT2D eigenvalue weighted by atomic mass is 79.9. The molecular formula is C24H27BrClNO3. The van der Waals surface area contributed by atoms with Gasteiger partial charge in [0.25, 0.3) is 0 Å². The minimum absolute atomic E-state index is 0.171. The highest BCUT2D eigenvalue weighted by Gasteiger charge is 2.13. The fourth-order valence-corrected chi connectivity index (χ4v) is 4.35. The van der Waals surface area contributed by atoms with Crippen molar-refractivity contribution in [1.29, 1.82) is 0 Å². The molecule has 0 saturated carbocycles. The summed E-state index contributed by atoms with van der Waals surface area (Å²) in [7, 11) is 0. The monoisotopic (exact) mass is 491 g/mol. The van der Waals surface area contributed by atoms with E-state index in [-0.39, 0.29) is 5.97 Å². The van der Waals surface area contributed by atoms with Crippen LogP contribution in [0.2, 0.25) is 5.02 Å². The molecule has 1 aromatic heterocycles. The lowest BCUT2D eigenvalue weighted by atomic mass is 10.1. The van der Waals surface area contributed by atoms with Crippen molar-refractivity contribution >= 4 is 44.4 Å². The van der Waals surface area contributed by atoms with Gasteiger partial charge in [0.05, 0.1) is 25.2 Å². The van der Waals surface area contributed by atoms with Gasteiger partial charge in [-0.25, -0.2) is 0 Å². The molecule has 2 aromatic carbocycles. The molecule has 0 amide bonds. The number of esters is 1. The summed E-state index contributed by atoms with van der Waals surface area (Å²) in [4.78, 5) is 11.8. The third kappa shape index (κ3) is 5.38. The van der Waals surface area contributed by atoms with E-state index in [9.17, 15) is 4.79 Å². The number of carbonyl (C=O) groups is 1. The first-order chi connectivity index (χ1) is 14.4. The average molecular weight is 493 g/mol. The molecule has 0 aliphatic carbocycles. The van der Waals surface area contributed by atoms with Gasteiger partial charge in [-0.1, -0.05) is 23.7 Å². The van der Waals surface area contributed by atoms with E-state index >= 15 is 0 Å². The molecule has 0 radical (unpaired) electrons. The van der Waals surface area contributed by atoms with E-state index in [1.807, 2.05) is 45.0 Å². The third-order valence-electron chi connectivity index (χ3n) is 5.06. The number of carbonyl (C=O) groups excluding carboxylic acids is 1. The lowest BCUT2D eigenvalue weighted by molar-refractivity contribution is -0.143. The predicted octanol–water partition coefficient (Wildman–Crippen LogP) is 6.64. The Morgan fingerprint density at radius 3 is 2.63 bits per heavy atom. The maximum absolute atomic E-state index is 11.8. The Kier molecular flexibility index (Phi) is 7.84. The predicted molar refractivity (Wildman–Crippen MR) is 126 cm³/mol. The van der Waals surface area contributed by atoms with Crippen molar-refractivity contribution in [3.8, 4) is 5.75 Å². The number of aromatic nitrogens is 1. The Morgan fingerprint density at radius 2 is 1.93 bits per heavy atom. The molecule has 0 aliphatic heterocycles. The molecule has 0 atom stereocenters. The summed E-state index contributed by atoms with van der Waals surface area (Å²) in [5.41, 5.74) is 4.42. The van der Waals surface area contributed by atoms with Crippen molar-refractivity contribution in [1.82, 2.24) is 4.57 Å². The zero-order chi connectivity index (χ0) is 21.7. The Balaban J connectivity index is 1.67. The van der Waals surface area contributed by atoms with Crippen molar-refractivity contribution in [2.45, 2.75) is 46.6 Å². The van der Waals surface area contributed by atoms with E-state index in [1.54, 1.807) is 0 Å². The SMILES string of the molecule is CCOC(=O)CCn1cc(CCCOc2cc(C)c(Cl)c(C)c2)c2cccc(Br)c21. The first kappa shape index (κ1) is 22.7. The van der Waals surface area contributed by atoms with Gasteiger partial charge in [-0.2, -0.15) is 0 Å². The number of halogens is 2. The summed E-state index contributed by atoms with van der Waals surface area (Å²) < 4.78 is 14.2. The quantitative estimate of drug-likeness (QED) is 0.248. The van der Waals surface area contributed by atoms with Crippen molar-refractivity contribution in [3.63, 3.8) is 0 Å². The Morgan fingerprint density at radius 1 is 1.20 bits per heavy atom. The highest BCUT2D eigenvalue weighted by molar-refractivity contribution is 9.10. The summed E-state index contributed by atoms with van der Waals surface area (Å²) in [6.07, 6.45) is 4.29. The van der Waals surface area contributed by atoms with E-state index < -0.39 is 0 Å². The van der Waals surface area contributed by atoms with Gasteiger partial charge in [-0.05, 0) is 84.4 Å². The molecule has 1 heterocycles. The van der Waals surface area contributed by atoms with Crippen LogP contribution in [0.4, 0.5) is 0 Å². The topological polar surface area (TPSA) is 40.5 Å². The maximum Gasteiger partial charge on any atom is 0.307 e. The van der Waals surface area contributed by atoms with Crippen LogP contribution in [0.15, 0.2) is 41.0 Å². The summed E-state index contributed by atoms with van der Waals surface area (Å²) in [6.45, 7) is 7.44. The second-order valence-electron chi connectivity index (χ2n) is 7.36. The van der Waals surface area contributed by atoms with Crippen LogP contribution < -0.4 is 4.74 Å². The van der Waals surface area contributed by atoms with Crippen LogP contribution in [0.1, 0.15) is 36.5 Å². The molecule has 0 N–H and O–H groups in total. The number of rotatable bonds is 9. The van der Waals surface area contributed by atoms with Crippen LogP contribution in [0, 0.1) is 13.8 Å². The van der Waals surface area contributed by atoms with Crippen molar-refractivity contribution in [2.24, 2.45) is 0 Å². The van der Waals surface area contributed by atoms with E-state index in [0.717, 1.165) is 44.7 Å². The minimum atomic E-state index is -0.171. The van der Waals surface area contributed by atoms with Crippen LogP contribution in [0.3, 0.4) is 0 Å². The van der Waals surface area contributed by atoms with Crippen LogP contribution >= 0.6 is 27.5 Å². The van der Waals surface area contributed by atoms with Gasteiger partial charge in [0, 0.05) is 27.6 Å². The van der Waals surface area contributed by atoms with E-state index in [4.69, 9.17) is 21.1 Å². The lowest BCUT2D eigenvalue weighted by Crippen LogP contribution is -2.08. The van der Waals surface area contributed by atoms with Crippen molar-refractivity contribution in [2.75, 3.05) is 13.2 Å². The Bertz CT molecular complexity index is 1020. The van der Waals surface area contributed by atoms with E-state index in [1.165, 1.54) is 10.9 Å². The average Bonchev–Trinajstić information content (AvgIpc) is 3.07. The van der Waals surface area contributed by atoms with Gasteiger partial charge in [0.15, 0.2) is 0 Å². The number of hydrogen-bond acceptors (Lipinski definition) is 3. The molecule has 30 heavy (non-hydrogen) atoms. The molecule has 0 bridgehead atoms. The zero-order valence-corrected chi connectivity index (χ0v) is 20.0. The summed E-state index contributed by atoms with van der Waals surface area (Å²) in [6, 6.07) is 10.2. The largest absolute Gasteiger partial charge is 0.494 e. The molecule has 3 rings (SSSR count). The Hall–Kier alpha value is -1.98. The number of fused-ring (bicyclic) bond motifs is 1. The van der Waals surface area contributed by atoms with Crippen LogP contribution in [0.5, 0.6) is 5.75 Å². The molecular weight excluding hydrogens is 466 g/mol. The van der Waals surface area contributed by atoms with Gasteiger partial charge in [0.2, 0.25) is 0 Å². The molecule has 0 aliphatic rings. The fourth-order valence-electron chi connectivity index (χ4n) is 3.65. The molecule has 160 valence electrons. The van der Waals surface area contributed by atoms with E-state index in [2.05, 4.69) is 32.8 Å². The second-order valence-corrected chi connectivity index (χ2v) is 8.59. The Labute approximate surface area is 191 Å². The molecule has 0 spiro atoms. The molecule has 0 unspecified atom stereocenters. The van der Waals surface area contributed by atoms with Gasteiger partial charge in [0.1, 0.15) is 5.75 Å². The van der Waals surface area contributed by atoms with Crippen LogP contribution in [-0.2, 0) is 22.5 Å². The van der Waals surface area contributed by atoms with Crippen LogP contribution in [0.25, 0.3) is 10.9 Å². The highest BCUT2D eigenvalue weighted by Crippen LogP contribution is 2.30. The number of nitrogens with zero attached hydrogens (tertiary/aromatic N) is 1. The molecule has 6 heteroatoms. The van der Waals surface area contributed by atoms with Crippen molar-refractivity contribution < 1.29 is 14.3 Å². The fraction of sp³-hybridized carbons (Fsp3) is 0.375. The summed E-state index contributed by atoms with van der Waals surface area (Å²) in [5, 5.41) is 2.00. The number of ether oxygens (including phenoxy) is 2. The van der Waals surface area contributed by atoms with Crippen molar-refractivity contribution in [3.05, 3.63) is 62.7 Å². The summed E-state index contributed by atoms with van der Waals surface area (Å²) >= 11 is 9.89. The number of benzene rings is 2. The maximum atomic E-state index is 11.8. The van der Waals surface area contributed by atoms with Gasteiger partial charge >= 0.3 is 5.97 Å². The number of aryl methyl sites for hydroxylation is 4. The lowest BCUT2D eigenvalue weighted by Gasteiger charge is -2.10. The minimum Gasteiger partial charge on any atom is -0.494 e. The second kappa shape index (κ2) is 10.4. The first-order valence-corrected chi connectivity index (χ1v) is 11.4. The first-order valence-electron chi connectivity index (χ1n) is 10.2. The number of para-hydroxylation sites is 1. The molecule has 0 saturated heterocycles. The normalized spacial score (nSPS) is 11.1. The smallest absolute Gasteiger partial charge is 0.307 e. The molecule has 0 fully saturated rings. The molecule has 4 nitrogen and oxygen atoms in total. The van der Waals surface area contributed by atoms with Gasteiger partial charge < -0.3 is 14.0 Å². The van der Waals surface area contributed by atoms with Gasteiger partial charge in [-0.15, -0.1) is 0 Å². The zero-order valence-electron chi connectivity index (χ0n) is 17.6. The van der Waals surface area contributed by atoms with E-state index in [0.29, 0.717) is 26.2 Å². The number of hydrogen-bond donors (Lipinski definition) is 0. The van der Waals surface area contributed by atoms with Crippen LogP contribution in [-0.4, -0.2) is 23.8 Å². The third-order valence-corrected chi connectivity index (χ3v) is 6.30. The molecule has 3 aromatic rings. The van der Waals surface area contributed by atoms with Gasteiger partial charge in [-0.3, -0.25) is 4.79 Å². The summed E-state index contributed by atoms with van der Waals surface area (Å²) in [5.74, 6) is 0.684.